The monoisotopic (exact) mass is 630 g/mol. The molecule has 9 N–H and O–H groups in total. The summed E-state index contributed by atoms with van der Waals surface area (Å²) in [5.74, 6) is -2.25. The zero-order valence-corrected chi connectivity index (χ0v) is 21.6. The number of anilines is 2. The molecule has 0 aliphatic carbocycles. The van der Waals surface area contributed by atoms with E-state index in [2.05, 4.69) is 26.3 Å². The molecular weight excluding hydrogens is 607 g/mol. The number of benzene rings is 2. The number of aliphatic carboxylic acids is 1. The summed E-state index contributed by atoms with van der Waals surface area (Å²) < 4.78 is 0.393. The highest BCUT2D eigenvalue weighted by molar-refractivity contribution is 14.1. The Kier molecular flexibility index (Phi) is 9.17. The number of phenolic OH excluding ortho intramolecular Hbond substituents is 1. The lowest BCUT2D eigenvalue weighted by molar-refractivity contribution is -0.137. The Hall–Kier alpha value is -3.30. The van der Waals surface area contributed by atoms with Crippen molar-refractivity contribution >= 4 is 69.3 Å². The molecule has 2 aromatic rings. The summed E-state index contributed by atoms with van der Waals surface area (Å²) in [5.41, 5.74) is 6.99. The van der Waals surface area contributed by atoms with Crippen LogP contribution < -0.4 is 27.0 Å². The number of amides is 2. The summed E-state index contributed by atoms with van der Waals surface area (Å²) in [6.45, 7) is 0.0950. The molecule has 2 atom stereocenters. The number of nitrogen functional groups attached to an aromatic ring is 1. The van der Waals surface area contributed by atoms with E-state index in [-0.39, 0.29) is 28.4 Å². The molecule has 36 heavy (non-hydrogen) atoms. The van der Waals surface area contributed by atoms with E-state index in [1.165, 1.54) is 24.3 Å². The number of nitrogens with two attached hydrogens (primary N) is 1. The number of aromatic hydroxyl groups is 1. The van der Waals surface area contributed by atoms with Crippen LogP contribution in [-0.2, 0) is 9.59 Å². The van der Waals surface area contributed by atoms with Gasteiger partial charge in [0, 0.05) is 34.1 Å². The molecule has 1 aliphatic rings. The molecule has 1 heterocycles. The number of nitrogens with zero attached hydrogens (tertiary/aromatic N) is 1. The van der Waals surface area contributed by atoms with Crippen molar-refractivity contribution < 1.29 is 29.7 Å². The van der Waals surface area contributed by atoms with Gasteiger partial charge in [-0.3, -0.25) is 19.4 Å². The number of aliphatic hydroxyl groups excluding tert-OH is 1. The minimum Gasteiger partial charge on any atom is -0.506 e. The molecule has 192 valence electrons. The lowest BCUT2D eigenvalue weighted by Gasteiger charge is -2.20. The van der Waals surface area contributed by atoms with Gasteiger partial charge in [0.2, 0.25) is 5.91 Å². The molecule has 0 saturated heterocycles. The smallest absolute Gasteiger partial charge is 0.305 e. The van der Waals surface area contributed by atoms with E-state index >= 15 is 0 Å². The molecule has 3 rings (SSSR count). The SMILES string of the molecule is Nc1cc(NC2=NCC(O)CN2)cc(C(=O)NCC(=O)N[C@H](CC(=O)O)c2cc(Cl)cc(I)c2O)c1. The third-order valence-corrected chi connectivity index (χ3v) is 6.04. The van der Waals surface area contributed by atoms with Crippen LogP contribution >= 0.6 is 34.2 Å². The van der Waals surface area contributed by atoms with Crippen LogP contribution in [0.4, 0.5) is 11.4 Å². The van der Waals surface area contributed by atoms with Gasteiger partial charge >= 0.3 is 5.97 Å². The fourth-order valence-electron chi connectivity index (χ4n) is 3.38. The van der Waals surface area contributed by atoms with Crippen molar-refractivity contribution in [2.24, 2.45) is 4.99 Å². The van der Waals surface area contributed by atoms with Crippen LogP contribution in [0.15, 0.2) is 35.3 Å². The van der Waals surface area contributed by atoms with Crippen molar-refractivity contribution in [3.8, 4) is 5.75 Å². The van der Waals surface area contributed by atoms with Crippen LogP contribution in [0, 0.1) is 3.57 Å². The number of hydrogen-bond acceptors (Lipinski definition) is 9. The minimum atomic E-state index is -1.20. The number of nitrogens with one attached hydrogen (secondary N) is 4. The lowest BCUT2D eigenvalue weighted by Crippen LogP contribution is -2.42. The highest BCUT2D eigenvalue weighted by Crippen LogP contribution is 2.34. The number of carbonyl (C=O) groups is 3. The Morgan fingerprint density at radius 1 is 1.25 bits per heavy atom. The molecule has 12 nitrogen and oxygen atoms in total. The second kappa shape index (κ2) is 12.1. The zero-order valence-electron chi connectivity index (χ0n) is 18.7. The summed E-state index contributed by atoms with van der Waals surface area (Å²) in [6, 6.07) is 6.32. The van der Waals surface area contributed by atoms with Gasteiger partial charge in [0.05, 0.1) is 35.2 Å². The average molecular weight is 631 g/mol. The molecular formula is C22H24ClIN6O6. The van der Waals surface area contributed by atoms with Crippen LogP contribution in [0.2, 0.25) is 5.02 Å². The van der Waals surface area contributed by atoms with E-state index in [1.807, 2.05) is 22.6 Å². The maximum atomic E-state index is 12.7. The molecule has 0 aromatic heterocycles. The van der Waals surface area contributed by atoms with E-state index in [0.29, 0.717) is 27.4 Å². The van der Waals surface area contributed by atoms with E-state index < -0.39 is 42.9 Å². The number of phenols is 1. The first-order valence-corrected chi connectivity index (χ1v) is 12.1. The second-order valence-corrected chi connectivity index (χ2v) is 9.52. The third-order valence-electron chi connectivity index (χ3n) is 5.00. The number of guanidine groups is 1. The van der Waals surface area contributed by atoms with E-state index in [1.54, 1.807) is 6.07 Å². The van der Waals surface area contributed by atoms with Crippen molar-refractivity contribution in [3.63, 3.8) is 0 Å². The molecule has 0 saturated carbocycles. The molecule has 0 fully saturated rings. The number of carbonyl (C=O) groups excluding carboxylic acids is 2. The first kappa shape index (κ1) is 27.3. The Bertz CT molecular complexity index is 1210. The van der Waals surface area contributed by atoms with Gasteiger partial charge in [0.25, 0.3) is 5.91 Å². The van der Waals surface area contributed by atoms with E-state index in [4.69, 9.17) is 17.3 Å². The first-order chi connectivity index (χ1) is 17.0. The number of carboxylic acid groups (broad SMARTS) is 1. The molecule has 14 heteroatoms. The Morgan fingerprint density at radius 3 is 2.67 bits per heavy atom. The van der Waals surface area contributed by atoms with Crippen molar-refractivity contribution in [1.82, 2.24) is 16.0 Å². The van der Waals surface area contributed by atoms with Crippen molar-refractivity contribution in [3.05, 3.63) is 50.1 Å². The van der Waals surface area contributed by atoms with Crippen LogP contribution in [0.1, 0.15) is 28.4 Å². The highest BCUT2D eigenvalue weighted by atomic mass is 127. The van der Waals surface area contributed by atoms with Gasteiger partial charge in [-0.05, 0) is 52.9 Å². The summed E-state index contributed by atoms with van der Waals surface area (Å²) in [4.78, 5) is 40.7. The van der Waals surface area contributed by atoms with Crippen LogP contribution in [0.3, 0.4) is 0 Å². The van der Waals surface area contributed by atoms with Crippen LogP contribution in [-0.4, -0.2) is 64.8 Å². The highest BCUT2D eigenvalue weighted by Gasteiger charge is 2.23. The number of aliphatic imine (C=N–C) groups is 1. The van der Waals surface area contributed by atoms with Gasteiger partial charge in [-0.1, -0.05) is 11.6 Å². The number of halogens is 2. The second-order valence-electron chi connectivity index (χ2n) is 7.92. The number of β-amino-alcohol motifs (C(OH)–C–C–N with tert-alkyl or cyclic N) is 1. The van der Waals surface area contributed by atoms with Crippen molar-refractivity contribution in [1.29, 1.82) is 0 Å². The summed E-state index contributed by atoms with van der Waals surface area (Å²) in [7, 11) is 0. The maximum absolute atomic E-state index is 12.7. The van der Waals surface area contributed by atoms with Crippen molar-refractivity contribution in [2.75, 3.05) is 30.7 Å². The number of hydrogen-bond donors (Lipinski definition) is 8. The predicted molar refractivity (Wildman–Crippen MR) is 142 cm³/mol. The van der Waals surface area contributed by atoms with Gasteiger partial charge in [-0.15, -0.1) is 0 Å². The van der Waals surface area contributed by atoms with Gasteiger partial charge in [0.1, 0.15) is 5.75 Å². The Balaban J connectivity index is 1.66. The Labute approximate surface area is 224 Å². The van der Waals surface area contributed by atoms with Gasteiger partial charge < -0.3 is 42.3 Å². The van der Waals surface area contributed by atoms with Crippen LogP contribution in [0.25, 0.3) is 0 Å². The quantitative estimate of drug-likeness (QED) is 0.155. The van der Waals surface area contributed by atoms with E-state index in [9.17, 15) is 29.7 Å². The molecule has 0 spiro atoms. The molecule has 1 aliphatic heterocycles. The number of rotatable bonds is 8. The standard InChI is InChI=1S/C22H24ClIN6O6/c23-11-3-15(20(35)16(24)4-11)17(6-19(33)34)30-18(32)9-26-21(36)10-1-12(25)5-13(2-10)29-22-27-7-14(31)8-28-22/h1-5,14,17,31,35H,6-9,25H2,(H,26,36)(H,30,32)(H,33,34)(H2,27,28,29)/t17-/m1/s1. The summed E-state index contributed by atoms with van der Waals surface area (Å²) in [5, 5.41) is 40.2. The average Bonchev–Trinajstić information content (AvgIpc) is 2.80. The molecule has 2 amide bonds. The fraction of sp³-hybridized carbons (Fsp3) is 0.273. The molecule has 0 bridgehead atoms. The van der Waals surface area contributed by atoms with Gasteiger partial charge in [-0.25, -0.2) is 0 Å². The number of aliphatic hydroxyl groups is 1. The van der Waals surface area contributed by atoms with Gasteiger partial charge in [0.15, 0.2) is 5.96 Å². The van der Waals surface area contributed by atoms with Gasteiger partial charge in [-0.2, -0.15) is 0 Å². The topological polar surface area (TPSA) is 198 Å². The Morgan fingerprint density at radius 2 is 2.00 bits per heavy atom. The fourth-order valence-corrected chi connectivity index (χ4v) is 4.44. The minimum absolute atomic E-state index is 0.146. The number of carboxylic acids is 1. The predicted octanol–water partition coefficient (Wildman–Crippen LogP) is 1.03. The maximum Gasteiger partial charge on any atom is 0.305 e. The van der Waals surface area contributed by atoms with Crippen molar-refractivity contribution in [2.45, 2.75) is 18.6 Å². The first-order valence-electron chi connectivity index (χ1n) is 10.6. The molecule has 0 radical (unpaired) electrons. The normalized spacial score (nSPS) is 15.8. The zero-order chi connectivity index (χ0) is 26.4. The lowest BCUT2D eigenvalue weighted by atomic mass is 10.0. The van der Waals surface area contributed by atoms with E-state index in [0.717, 1.165) is 0 Å². The summed E-state index contributed by atoms with van der Waals surface area (Å²) >= 11 is 7.87. The molecule has 2 aromatic carbocycles. The third kappa shape index (κ3) is 7.60. The summed E-state index contributed by atoms with van der Waals surface area (Å²) in [6.07, 6.45) is -1.09. The van der Waals surface area contributed by atoms with Crippen LogP contribution in [0.5, 0.6) is 5.75 Å². The largest absolute Gasteiger partial charge is 0.506 e. The molecule has 1 unspecified atom stereocenters.